The standard InChI is InChI=1S/C10H14O3/c1-7(2)6-13-10-4-9(12)3-8(10)5-11/h4-5,7,11H,3,6H2,1-2H3/b8-5-. The van der Waals surface area contributed by atoms with Crippen LogP contribution >= 0.6 is 0 Å². The van der Waals surface area contributed by atoms with Gasteiger partial charge in [0.25, 0.3) is 0 Å². The van der Waals surface area contributed by atoms with Crippen LogP contribution in [0.25, 0.3) is 0 Å². The molecule has 0 saturated heterocycles. The van der Waals surface area contributed by atoms with Crippen LogP contribution < -0.4 is 0 Å². The molecule has 0 spiro atoms. The van der Waals surface area contributed by atoms with Crippen LogP contribution in [-0.2, 0) is 9.53 Å². The third kappa shape index (κ3) is 2.61. The van der Waals surface area contributed by atoms with E-state index in [0.29, 0.717) is 23.9 Å². The molecule has 0 atom stereocenters. The number of aliphatic hydroxyl groups is 1. The third-order valence-electron chi connectivity index (χ3n) is 1.70. The van der Waals surface area contributed by atoms with Gasteiger partial charge in [0.2, 0.25) is 0 Å². The highest BCUT2D eigenvalue weighted by molar-refractivity contribution is 5.96. The highest BCUT2D eigenvalue weighted by Gasteiger charge is 2.19. The van der Waals surface area contributed by atoms with Gasteiger partial charge < -0.3 is 9.84 Å². The van der Waals surface area contributed by atoms with Gasteiger partial charge in [0.05, 0.1) is 12.9 Å². The molecule has 0 bridgehead atoms. The zero-order chi connectivity index (χ0) is 9.84. The fraction of sp³-hybridized carbons (Fsp3) is 0.500. The summed E-state index contributed by atoms with van der Waals surface area (Å²) in [6.45, 7) is 4.62. The van der Waals surface area contributed by atoms with Crippen molar-refractivity contribution in [3.05, 3.63) is 23.7 Å². The number of allylic oxidation sites excluding steroid dienone is 2. The van der Waals surface area contributed by atoms with E-state index in [-0.39, 0.29) is 12.2 Å². The Kier molecular flexibility index (Phi) is 3.12. The summed E-state index contributed by atoms with van der Waals surface area (Å²) in [5, 5.41) is 8.78. The maximum absolute atomic E-state index is 11.0. The normalized spacial score (nSPS) is 19.8. The zero-order valence-electron chi connectivity index (χ0n) is 7.91. The Labute approximate surface area is 77.7 Å². The Morgan fingerprint density at radius 3 is 2.92 bits per heavy atom. The summed E-state index contributed by atoms with van der Waals surface area (Å²) in [6, 6.07) is 0. The third-order valence-corrected chi connectivity index (χ3v) is 1.70. The van der Waals surface area contributed by atoms with E-state index in [0.717, 1.165) is 6.26 Å². The number of carbonyl (C=O) groups excluding carboxylic acids is 1. The Hall–Kier alpha value is -1.25. The second kappa shape index (κ2) is 4.12. The van der Waals surface area contributed by atoms with E-state index in [9.17, 15) is 4.79 Å². The molecule has 13 heavy (non-hydrogen) atoms. The van der Waals surface area contributed by atoms with Gasteiger partial charge in [-0.2, -0.15) is 0 Å². The van der Waals surface area contributed by atoms with E-state index in [1.165, 1.54) is 6.08 Å². The van der Waals surface area contributed by atoms with E-state index in [2.05, 4.69) is 0 Å². The lowest BCUT2D eigenvalue weighted by Gasteiger charge is -2.09. The van der Waals surface area contributed by atoms with Crippen molar-refractivity contribution in [3.8, 4) is 0 Å². The SMILES string of the molecule is CC(C)COC1=CC(=O)C/C1=C/O. The van der Waals surface area contributed by atoms with Crippen LogP contribution in [0.15, 0.2) is 23.7 Å². The van der Waals surface area contributed by atoms with Crippen LogP contribution in [-0.4, -0.2) is 17.5 Å². The quantitative estimate of drug-likeness (QED) is 0.678. The van der Waals surface area contributed by atoms with Crippen molar-refractivity contribution >= 4 is 5.78 Å². The average Bonchev–Trinajstić information content (AvgIpc) is 2.42. The fourth-order valence-electron chi connectivity index (χ4n) is 1.06. The van der Waals surface area contributed by atoms with Gasteiger partial charge in [-0.1, -0.05) is 13.8 Å². The molecule has 0 heterocycles. The molecule has 0 aromatic rings. The van der Waals surface area contributed by atoms with E-state index >= 15 is 0 Å². The summed E-state index contributed by atoms with van der Waals surface area (Å²) >= 11 is 0. The predicted octanol–water partition coefficient (Wildman–Crippen LogP) is 1.96. The number of carbonyl (C=O) groups is 1. The number of aliphatic hydroxyl groups excluding tert-OH is 1. The highest BCUT2D eigenvalue weighted by Crippen LogP contribution is 2.23. The van der Waals surface area contributed by atoms with Gasteiger partial charge in [-0.3, -0.25) is 4.79 Å². The maximum atomic E-state index is 11.0. The second-order valence-electron chi connectivity index (χ2n) is 3.51. The van der Waals surface area contributed by atoms with Crippen molar-refractivity contribution < 1.29 is 14.6 Å². The second-order valence-corrected chi connectivity index (χ2v) is 3.51. The van der Waals surface area contributed by atoms with Crippen LogP contribution in [0.1, 0.15) is 20.3 Å². The van der Waals surface area contributed by atoms with E-state index < -0.39 is 0 Å². The molecule has 0 fully saturated rings. The maximum Gasteiger partial charge on any atom is 0.164 e. The highest BCUT2D eigenvalue weighted by atomic mass is 16.5. The lowest BCUT2D eigenvalue weighted by atomic mass is 10.2. The molecule has 0 radical (unpaired) electrons. The zero-order valence-corrected chi connectivity index (χ0v) is 7.91. The van der Waals surface area contributed by atoms with Crippen LogP contribution in [0.3, 0.4) is 0 Å². The summed E-state index contributed by atoms with van der Waals surface area (Å²) in [5.74, 6) is 0.914. The van der Waals surface area contributed by atoms with Crippen molar-refractivity contribution in [2.24, 2.45) is 5.92 Å². The van der Waals surface area contributed by atoms with Crippen molar-refractivity contribution in [2.45, 2.75) is 20.3 Å². The Morgan fingerprint density at radius 1 is 1.69 bits per heavy atom. The van der Waals surface area contributed by atoms with Gasteiger partial charge in [0.1, 0.15) is 5.76 Å². The molecule has 1 N–H and O–H groups in total. The molecule has 1 aliphatic carbocycles. The van der Waals surface area contributed by atoms with E-state index in [4.69, 9.17) is 9.84 Å². The van der Waals surface area contributed by atoms with Gasteiger partial charge in [-0.05, 0) is 5.92 Å². The van der Waals surface area contributed by atoms with Crippen LogP contribution in [0.2, 0.25) is 0 Å². The number of rotatable bonds is 3. The molecule has 0 aliphatic heterocycles. The predicted molar refractivity (Wildman–Crippen MR) is 49.2 cm³/mol. The lowest BCUT2D eigenvalue weighted by Crippen LogP contribution is -2.01. The van der Waals surface area contributed by atoms with Crippen molar-refractivity contribution in [1.29, 1.82) is 0 Å². The minimum absolute atomic E-state index is 0.0148. The summed E-state index contributed by atoms with van der Waals surface area (Å²) in [5.41, 5.74) is 0.575. The summed E-state index contributed by atoms with van der Waals surface area (Å²) < 4.78 is 5.35. The van der Waals surface area contributed by atoms with Gasteiger partial charge >= 0.3 is 0 Å². The number of hydrogen-bond donors (Lipinski definition) is 1. The van der Waals surface area contributed by atoms with Crippen molar-refractivity contribution in [2.75, 3.05) is 6.61 Å². The number of hydrogen-bond acceptors (Lipinski definition) is 3. The fourth-order valence-corrected chi connectivity index (χ4v) is 1.06. The molecule has 72 valence electrons. The monoisotopic (exact) mass is 182 g/mol. The van der Waals surface area contributed by atoms with E-state index in [1.807, 2.05) is 13.8 Å². The topological polar surface area (TPSA) is 46.5 Å². The first-order valence-electron chi connectivity index (χ1n) is 4.34. The summed E-state index contributed by atoms with van der Waals surface area (Å²) in [7, 11) is 0. The molecule has 0 unspecified atom stereocenters. The van der Waals surface area contributed by atoms with Crippen LogP contribution in [0.5, 0.6) is 0 Å². The van der Waals surface area contributed by atoms with E-state index in [1.54, 1.807) is 0 Å². The molecule has 0 aromatic heterocycles. The van der Waals surface area contributed by atoms with Gasteiger partial charge in [0, 0.05) is 18.1 Å². The first kappa shape index (κ1) is 9.84. The summed E-state index contributed by atoms with van der Waals surface area (Å²) in [4.78, 5) is 11.0. The summed E-state index contributed by atoms with van der Waals surface area (Å²) in [6.07, 6.45) is 2.63. The molecule has 0 amide bonds. The average molecular weight is 182 g/mol. The Bertz CT molecular complexity index is 261. The molecule has 3 heteroatoms. The van der Waals surface area contributed by atoms with Gasteiger partial charge in [-0.15, -0.1) is 0 Å². The van der Waals surface area contributed by atoms with Crippen molar-refractivity contribution in [1.82, 2.24) is 0 Å². The molecule has 1 aliphatic rings. The molecular weight excluding hydrogens is 168 g/mol. The minimum atomic E-state index is -0.0148. The van der Waals surface area contributed by atoms with Gasteiger partial charge in [0.15, 0.2) is 5.78 Å². The lowest BCUT2D eigenvalue weighted by molar-refractivity contribution is -0.113. The smallest absolute Gasteiger partial charge is 0.164 e. The first-order chi connectivity index (χ1) is 6.13. The first-order valence-corrected chi connectivity index (χ1v) is 4.34. The van der Waals surface area contributed by atoms with Gasteiger partial charge in [-0.25, -0.2) is 0 Å². The molecular formula is C10H14O3. The number of ether oxygens (including phenoxy) is 1. The minimum Gasteiger partial charge on any atom is -0.515 e. The molecule has 0 aromatic carbocycles. The Balaban J connectivity index is 2.57. The number of ketones is 1. The van der Waals surface area contributed by atoms with Crippen molar-refractivity contribution in [3.63, 3.8) is 0 Å². The van der Waals surface area contributed by atoms with Crippen LogP contribution in [0, 0.1) is 5.92 Å². The molecule has 1 rings (SSSR count). The Morgan fingerprint density at radius 2 is 2.38 bits per heavy atom. The van der Waals surface area contributed by atoms with Crippen LogP contribution in [0.4, 0.5) is 0 Å². The molecule has 3 nitrogen and oxygen atoms in total. The molecule has 0 saturated carbocycles. The largest absolute Gasteiger partial charge is 0.515 e.